The molecule has 1 aromatic carbocycles. The van der Waals surface area contributed by atoms with E-state index in [2.05, 4.69) is 10.1 Å². The van der Waals surface area contributed by atoms with E-state index in [0.29, 0.717) is 6.54 Å². The van der Waals surface area contributed by atoms with Crippen molar-refractivity contribution in [3.05, 3.63) is 42.5 Å². The molecule has 0 spiro atoms. The molecule has 1 N–H and O–H groups in total. The first kappa shape index (κ1) is 15.7. The van der Waals surface area contributed by atoms with Gasteiger partial charge in [-0.25, -0.2) is 18.1 Å². The zero-order valence-corrected chi connectivity index (χ0v) is 14.1. The normalized spacial score (nSPS) is 27.0. The fourth-order valence-corrected chi connectivity index (χ4v) is 6.10. The molecule has 7 nitrogen and oxygen atoms in total. The van der Waals surface area contributed by atoms with Crippen LogP contribution in [0.1, 0.15) is 31.2 Å². The van der Waals surface area contributed by atoms with Gasteiger partial charge in [0.25, 0.3) is 0 Å². The maximum absolute atomic E-state index is 13.1. The topological polar surface area (TPSA) is 88.3 Å². The Morgan fingerprint density at radius 2 is 1.92 bits per heavy atom. The SMILES string of the molecule is O=S(=O)(c1ccc(Cn2cncn2)cc1)N1C2CCC1(CO)CC2. The third-order valence-electron chi connectivity index (χ3n) is 5.27. The van der Waals surface area contributed by atoms with E-state index in [1.165, 1.54) is 6.33 Å². The number of rotatable bonds is 5. The van der Waals surface area contributed by atoms with Gasteiger partial charge in [-0.2, -0.15) is 9.40 Å². The van der Waals surface area contributed by atoms with Gasteiger partial charge in [-0.1, -0.05) is 12.1 Å². The number of aliphatic hydroxyl groups is 1. The summed E-state index contributed by atoms with van der Waals surface area (Å²) in [4.78, 5) is 4.18. The van der Waals surface area contributed by atoms with Crippen LogP contribution in [0.4, 0.5) is 0 Å². The molecule has 8 heteroatoms. The minimum Gasteiger partial charge on any atom is -0.394 e. The molecule has 0 aliphatic carbocycles. The summed E-state index contributed by atoms with van der Waals surface area (Å²) in [6, 6.07) is 6.92. The van der Waals surface area contributed by atoms with Crippen LogP contribution < -0.4 is 0 Å². The molecule has 4 rings (SSSR count). The molecule has 2 aliphatic rings. The Balaban J connectivity index is 1.61. The molecule has 0 amide bonds. The average Bonchev–Trinajstić information content (AvgIpc) is 3.31. The molecule has 2 aromatic rings. The van der Waals surface area contributed by atoms with Gasteiger partial charge in [-0.05, 0) is 43.4 Å². The zero-order valence-electron chi connectivity index (χ0n) is 13.2. The molecule has 3 heterocycles. The van der Waals surface area contributed by atoms with E-state index in [9.17, 15) is 13.5 Å². The molecule has 2 saturated heterocycles. The Kier molecular flexibility index (Phi) is 3.70. The van der Waals surface area contributed by atoms with Gasteiger partial charge < -0.3 is 5.11 Å². The van der Waals surface area contributed by atoms with Crippen LogP contribution in [-0.4, -0.2) is 50.8 Å². The summed E-state index contributed by atoms with van der Waals surface area (Å²) in [7, 11) is -3.59. The number of sulfonamides is 1. The molecule has 2 aliphatic heterocycles. The highest BCUT2D eigenvalue weighted by Crippen LogP contribution is 2.49. The Bertz CT molecular complexity index is 810. The number of fused-ring (bicyclic) bond motifs is 2. The zero-order chi connectivity index (χ0) is 16.8. The second kappa shape index (κ2) is 5.65. The Morgan fingerprint density at radius 3 is 2.50 bits per heavy atom. The maximum atomic E-state index is 13.1. The van der Waals surface area contributed by atoms with Gasteiger partial charge in [0.15, 0.2) is 0 Å². The van der Waals surface area contributed by atoms with E-state index in [1.807, 2.05) is 0 Å². The molecule has 0 saturated carbocycles. The number of benzene rings is 1. The number of aliphatic hydroxyl groups excluding tert-OH is 1. The highest BCUT2D eigenvalue weighted by Gasteiger charge is 2.56. The predicted molar refractivity (Wildman–Crippen MR) is 86.7 cm³/mol. The van der Waals surface area contributed by atoms with E-state index in [1.54, 1.807) is 39.6 Å². The minimum atomic E-state index is -3.59. The first-order chi connectivity index (χ1) is 11.5. The van der Waals surface area contributed by atoms with Gasteiger partial charge in [0.2, 0.25) is 10.0 Å². The fraction of sp³-hybridized carbons (Fsp3) is 0.500. The highest BCUT2D eigenvalue weighted by atomic mass is 32.2. The summed E-state index contributed by atoms with van der Waals surface area (Å²) in [5, 5.41) is 13.8. The molecule has 1 aromatic heterocycles. The van der Waals surface area contributed by atoms with Gasteiger partial charge in [0.05, 0.1) is 23.6 Å². The molecular weight excluding hydrogens is 328 g/mol. The average molecular weight is 348 g/mol. The van der Waals surface area contributed by atoms with Crippen molar-refractivity contribution in [1.82, 2.24) is 19.1 Å². The lowest BCUT2D eigenvalue weighted by atomic mass is 9.89. The van der Waals surface area contributed by atoms with Gasteiger partial charge in [0, 0.05) is 6.04 Å². The molecule has 0 unspecified atom stereocenters. The molecule has 0 atom stereocenters. The van der Waals surface area contributed by atoms with Crippen molar-refractivity contribution in [2.45, 2.75) is 48.7 Å². The predicted octanol–water partition coefficient (Wildman–Crippen LogP) is 1.00. The van der Waals surface area contributed by atoms with E-state index in [-0.39, 0.29) is 17.5 Å². The first-order valence-electron chi connectivity index (χ1n) is 8.12. The second-order valence-electron chi connectivity index (χ2n) is 6.65. The van der Waals surface area contributed by atoms with Crippen molar-refractivity contribution < 1.29 is 13.5 Å². The van der Waals surface area contributed by atoms with E-state index >= 15 is 0 Å². The lowest BCUT2D eigenvalue weighted by Crippen LogP contribution is -2.47. The molecule has 2 fully saturated rings. The third kappa shape index (κ3) is 2.37. The van der Waals surface area contributed by atoms with Gasteiger partial charge in [-0.15, -0.1) is 0 Å². The number of aromatic nitrogens is 3. The molecule has 128 valence electrons. The Labute approximate surface area is 141 Å². The summed E-state index contributed by atoms with van der Waals surface area (Å²) in [6.45, 7) is 0.445. The van der Waals surface area contributed by atoms with E-state index in [0.717, 1.165) is 31.2 Å². The van der Waals surface area contributed by atoms with Crippen molar-refractivity contribution in [3.8, 4) is 0 Å². The number of hydrogen-bond acceptors (Lipinski definition) is 5. The van der Waals surface area contributed by atoms with Crippen LogP contribution >= 0.6 is 0 Å². The Morgan fingerprint density at radius 1 is 1.21 bits per heavy atom. The number of nitrogens with zero attached hydrogens (tertiary/aromatic N) is 4. The number of hydrogen-bond donors (Lipinski definition) is 1. The third-order valence-corrected chi connectivity index (χ3v) is 7.34. The van der Waals surface area contributed by atoms with Crippen LogP contribution in [0.25, 0.3) is 0 Å². The van der Waals surface area contributed by atoms with Crippen molar-refractivity contribution in [3.63, 3.8) is 0 Å². The highest BCUT2D eigenvalue weighted by molar-refractivity contribution is 7.89. The van der Waals surface area contributed by atoms with Crippen molar-refractivity contribution in [2.75, 3.05) is 6.61 Å². The van der Waals surface area contributed by atoms with Gasteiger partial charge in [-0.3, -0.25) is 0 Å². The van der Waals surface area contributed by atoms with Crippen LogP contribution in [0.2, 0.25) is 0 Å². The fourth-order valence-electron chi connectivity index (χ4n) is 4.04. The summed E-state index contributed by atoms with van der Waals surface area (Å²) in [5.74, 6) is 0. The summed E-state index contributed by atoms with van der Waals surface area (Å²) >= 11 is 0. The monoisotopic (exact) mass is 348 g/mol. The summed E-state index contributed by atoms with van der Waals surface area (Å²) in [6.07, 6.45) is 6.26. The molecule has 0 radical (unpaired) electrons. The standard InChI is InChI=1S/C16H20N4O3S/c21-10-16-7-5-14(6-8-16)20(16)24(22,23)15-3-1-13(2-4-15)9-19-12-17-11-18-19/h1-4,11-12,14,21H,5-10H2. The maximum Gasteiger partial charge on any atom is 0.243 e. The lowest BCUT2D eigenvalue weighted by molar-refractivity contribution is 0.134. The van der Waals surface area contributed by atoms with Crippen LogP contribution in [0.5, 0.6) is 0 Å². The van der Waals surface area contributed by atoms with E-state index < -0.39 is 15.6 Å². The second-order valence-corrected chi connectivity index (χ2v) is 8.47. The van der Waals surface area contributed by atoms with Crippen LogP contribution in [0.15, 0.2) is 41.8 Å². The quantitative estimate of drug-likeness (QED) is 0.871. The molecular formula is C16H20N4O3S. The lowest BCUT2D eigenvalue weighted by Gasteiger charge is -2.32. The van der Waals surface area contributed by atoms with Crippen LogP contribution in [-0.2, 0) is 16.6 Å². The van der Waals surface area contributed by atoms with Crippen LogP contribution in [0.3, 0.4) is 0 Å². The first-order valence-corrected chi connectivity index (χ1v) is 9.56. The van der Waals surface area contributed by atoms with Gasteiger partial charge in [0.1, 0.15) is 12.7 Å². The van der Waals surface area contributed by atoms with Crippen molar-refractivity contribution in [2.24, 2.45) is 0 Å². The van der Waals surface area contributed by atoms with Crippen LogP contribution in [0, 0.1) is 0 Å². The van der Waals surface area contributed by atoms with Crippen molar-refractivity contribution >= 4 is 10.0 Å². The summed E-state index contributed by atoms with van der Waals surface area (Å²) in [5.41, 5.74) is 0.365. The molecule has 2 bridgehead atoms. The van der Waals surface area contributed by atoms with Crippen molar-refractivity contribution in [1.29, 1.82) is 0 Å². The largest absolute Gasteiger partial charge is 0.394 e. The smallest absolute Gasteiger partial charge is 0.243 e. The molecule has 24 heavy (non-hydrogen) atoms. The minimum absolute atomic E-state index is 0.0250. The van der Waals surface area contributed by atoms with E-state index in [4.69, 9.17) is 0 Å². The Hall–Kier alpha value is -1.77. The summed E-state index contributed by atoms with van der Waals surface area (Å²) < 4.78 is 29.4. The van der Waals surface area contributed by atoms with Gasteiger partial charge >= 0.3 is 0 Å².